The summed E-state index contributed by atoms with van der Waals surface area (Å²) in [5.41, 5.74) is -0.116. The molecule has 0 unspecified atom stereocenters. The number of hydrogen-bond donors (Lipinski definition) is 1. The van der Waals surface area contributed by atoms with E-state index in [1.54, 1.807) is 0 Å². The molecule has 3 nitrogen and oxygen atoms in total. The molecule has 0 spiro atoms. The molecule has 0 radical (unpaired) electrons. The average Bonchev–Trinajstić information content (AvgIpc) is 2.89. The van der Waals surface area contributed by atoms with Crippen molar-refractivity contribution in [2.24, 2.45) is 0 Å². The van der Waals surface area contributed by atoms with Crippen LogP contribution in [0.15, 0.2) is 18.2 Å². The summed E-state index contributed by atoms with van der Waals surface area (Å²) in [5, 5.41) is 2.69. The third kappa shape index (κ3) is 3.50. The van der Waals surface area contributed by atoms with Crippen LogP contribution in [0.1, 0.15) is 30.1 Å². The van der Waals surface area contributed by atoms with Gasteiger partial charge in [0.15, 0.2) is 0 Å². The Balaban J connectivity index is 1.90. The van der Waals surface area contributed by atoms with E-state index < -0.39 is 17.5 Å². The first-order valence-corrected chi connectivity index (χ1v) is 6.55. The standard InChI is InChI=1S/C14H18F2N2O/c1-10(18-6-2-3-7-18)9-17-14(19)12-5-4-11(15)8-13(12)16/h4-5,8,10H,2-3,6-7,9H2,1H3,(H,17,19)/t10-/m0/s1. The molecule has 1 heterocycles. The number of amides is 1. The number of rotatable bonds is 4. The third-order valence-corrected chi connectivity index (χ3v) is 3.50. The van der Waals surface area contributed by atoms with Crippen LogP contribution >= 0.6 is 0 Å². The van der Waals surface area contributed by atoms with E-state index in [0.717, 1.165) is 25.2 Å². The van der Waals surface area contributed by atoms with Crippen LogP contribution in [0.2, 0.25) is 0 Å². The van der Waals surface area contributed by atoms with Gasteiger partial charge in [-0.15, -0.1) is 0 Å². The van der Waals surface area contributed by atoms with Crippen molar-refractivity contribution in [3.63, 3.8) is 0 Å². The smallest absolute Gasteiger partial charge is 0.254 e. The average molecular weight is 268 g/mol. The van der Waals surface area contributed by atoms with Gasteiger partial charge in [0.1, 0.15) is 11.6 Å². The fourth-order valence-electron chi connectivity index (χ4n) is 2.32. The monoisotopic (exact) mass is 268 g/mol. The Morgan fingerprint density at radius 1 is 1.37 bits per heavy atom. The highest BCUT2D eigenvalue weighted by molar-refractivity contribution is 5.94. The zero-order chi connectivity index (χ0) is 13.8. The number of hydrogen-bond acceptors (Lipinski definition) is 2. The van der Waals surface area contributed by atoms with Gasteiger partial charge in [-0.25, -0.2) is 8.78 Å². The van der Waals surface area contributed by atoms with Gasteiger partial charge in [0.2, 0.25) is 0 Å². The molecule has 1 aliphatic rings. The van der Waals surface area contributed by atoms with E-state index in [1.165, 1.54) is 18.9 Å². The molecule has 1 atom stereocenters. The van der Waals surface area contributed by atoms with E-state index in [9.17, 15) is 13.6 Å². The normalized spacial score (nSPS) is 17.4. The Labute approximate surface area is 111 Å². The predicted octanol–water partition coefficient (Wildman–Crippen LogP) is 2.18. The number of halogens is 2. The molecule has 0 saturated carbocycles. The topological polar surface area (TPSA) is 32.3 Å². The molecule has 2 rings (SSSR count). The van der Waals surface area contributed by atoms with Crippen molar-refractivity contribution in [3.05, 3.63) is 35.4 Å². The minimum absolute atomic E-state index is 0.116. The summed E-state index contributed by atoms with van der Waals surface area (Å²) in [7, 11) is 0. The van der Waals surface area contributed by atoms with Crippen molar-refractivity contribution in [1.29, 1.82) is 0 Å². The van der Waals surface area contributed by atoms with Gasteiger partial charge >= 0.3 is 0 Å². The first kappa shape index (κ1) is 13.9. The molecule has 0 aromatic heterocycles. The number of nitrogens with one attached hydrogen (secondary N) is 1. The molecular formula is C14H18F2N2O. The van der Waals surface area contributed by atoms with Crippen LogP contribution in [0.3, 0.4) is 0 Å². The van der Waals surface area contributed by atoms with Gasteiger partial charge in [-0.2, -0.15) is 0 Å². The second-order valence-corrected chi connectivity index (χ2v) is 4.93. The van der Waals surface area contributed by atoms with Crippen LogP contribution in [0.5, 0.6) is 0 Å². The maximum Gasteiger partial charge on any atom is 0.254 e. The lowest BCUT2D eigenvalue weighted by Gasteiger charge is -2.23. The maximum absolute atomic E-state index is 13.4. The van der Waals surface area contributed by atoms with E-state index in [4.69, 9.17) is 0 Å². The number of carbonyl (C=O) groups excluding carboxylic acids is 1. The molecule has 19 heavy (non-hydrogen) atoms. The van der Waals surface area contributed by atoms with Gasteiger partial charge < -0.3 is 5.32 Å². The van der Waals surface area contributed by atoms with Gasteiger partial charge in [-0.05, 0) is 45.0 Å². The predicted molar refractivity (Wildman–Crippen MR) is 69.0 cm³/mol. The summed E-state index contributed by atoms with van der Waals surface area (Å²) in [6, 6.07) is 3.20. The summed E-state index contributed by atoms with van der Waals surface area (Å²) in [6.45, 7) is 4.59. The fourth-order valence-corrected chi connectivity index (χ4v) is 2.32. The molecule has 1 aromatic carbocycles. The Hall–Kier alpha value is -1.49. The van der Waals surface area contributed by atoms with Gasteiger partial charge in [-0.3, -0.25) is 9.69 Å². The summed E-state index contributed by atoms with van der Waals surface area (Å²) in [5.74, 6) is -2.01. The molecule has 5 heteroatoms. The number of likely N-dealkylation sites (tertiary alicyclic amines) is 1. The SMILES string of the molecule is C[C@@H](CNC(=O)c1ccc(F)cc1F)N1CCCC1. The van der Waals surface area contributed by atoms with Gasteiger partial charge in [-0.1, -0.05) is 0 Å². The van der Waals surface area contributed by atoms with Crippen LogP contribution < -0.4 is 5.32 Å². The summed E-state index contributed by atoms with van der Waals surface area (Å²) >= 11 is 0. The van der Waals surface area contributed by atoms with Crippen LogP contribution in [-0.2, 0) is 0 Å². The highest BCUT2D eigenvalue weighted by Crippen LogP contribution is 2.12. The van der Waals surface area contributed by atoms with E-state index in [1.807, 2.05) is 6.92 Å². The maximum atomic E-state index is 13.4. The number of benzene rings is 1. The lowest BCUT2D eigenvalue weighted by Crippen LogP contribution is -2.40. The van der Waals surface area contributed by atoms with Crippen molar-refractivity contribution in [2.45, 2.75) is 25.8 Å². The van der Waals surface area contributed by atoms with Crippen LogP contribution in [0, 0.1) is 11.6 Å². The van der Waals surface area contributed by atoms with E-state index in [-0.39, 0.29) is 11.6 Å². The molecule has 1 N–H and O–H groups in total. The van der Waals surface area contributed by atoms with Crippen molar-refractivity contribution in [1.82, 2.24) is 10.2 Å². The Morgan fingerprint density at radius 2 is 2.05 bits per heavy atom. The highest BCUT2D eigenvalue weighted by Gasteiger charge is 2.19. The van der Waals surface area contributed by atoms with Crippen LogP contribution in [-0.4, -0.2) is 36.5 Å². The zero-order valence-electron chi connectivity index (χ0n) is 11.0. The fraction of sp³-hybridized carbons (Fsp3) is 0.500. The molecule has 1 saturated heterocycles. The van der Waals surface area contributed by atoms with Gasteiger partial charge in [0.25, 0.3) is 5.91 Å². The van der Waals surface area contributed by atoms with E-state index in [2.05, 4.69) is 10.2 Å². The summed E-state index contributed by atoms with van der Waals surface area (Å²) < 4.78 is 26.2. The quantitative estimate of drug-likeness (QED) is 0.907. The molecule has 1 aromatic rings. The van der Waals surface area contributed by atoms with Crippen molar-refractivity contribution in [3.8, 4) is 0 Å². The van der Waals surface area contributed by atoms with E-state index in [0.29, 0.717) is 6.54 Å². The van der Waals surface area contributed by atoms with Crippen LogP contribution in [0.4, 0.5) is 8.78 Å². The Kier molecular flexibility index (Phi) is 4.47. The zero-order valence-corrected chi connectivity index (χ0v) is 11.0. The van der Waals surface area contributed by atoms with Crippen molar-refractivity contribution < 1.29 is 13.6 Å². The number of nitrogens with zero attached hydrogens (tertiary/aromatic N) is 1. The summed E-state index contributed by atoms with van der Waals surface area (Å²) in [4.78, 5) is 14.1. The molecule has 1 aliphatic heterocycles. The molecule has 1 amide bonds. The van der Waals surface area contributed by atoms with Crippen molar-refractivity contribution in [2.75, 3.05) is 19.6 Å². The Bertz CT molecular complexity index is 459. The lowest BCUT2D eigenvalue weighted by atomic mass is 10.2. The summed E-state index contributed by atoms with van der Waals surface area (Å²) in [6.07, 6.45) is 2.37. The van der Waals surface area contributed by atoms with Crippen LogP contribution in [0.25, 0.3) is 0 Å². The molecule has 1 fully saturated rings. The third-order valence-electron chi connectivity index (χ3n) is 3.50. The minimum Gasteiger partial charge on any atom is -0.350 e. The minimum atomic E-state index is -0.827. The second-order valence-electron chi connectivity index (χ2n) is 4.93. The van der Waals surface area contributed by atoms with Gasteiger partial charge in [0.05, 0.1) is 5.56 Å². The molecule has 0 bridgehead atoms. The molecular weight excluding hydrogens is 250 g/mol. The number of carbonyl (C=O) groups is 1. The largest absolute Gasteiger partial charge is 0.350 e. The Morgan fingerprint density at radius 3 is 2.68 bits per heavy atom. The molecule has 0 aliphatic carbocycles. The van der Waals surface area contributed by atoms with Crippen molar-refractivity contribution >= 4 is 5.91 Å². The lowest BCUT2D eigenvalue weighted by molar-refractivity contribution is 0.0936. The first-order chi connectivity index (χ1) is 9.08. The van der Waals surface area contributed by atoms with Gasteiger partial charge in [0, 0.05) is 18.7 Å². The van der Waals surface area contributed by atoms with E-state index >= 15 is 0 Å². The molecule has 104 valence electrons. The highest BCUT2D eigenvalue weighted by atomic mass is 19.1. The first-order valence-electron chi connectivity index (χ1n) is 6.55. The second kappa shape index (κ2) is 6.10.